The monoisotopic (exact) mass is 364 g/mol. The van der Waals surface area contributed by atoms with Gasteiger partial charge in [-0.3, -0.25) is 4.79 Å². The molecule has 0 saturated heterocycles. The average molecular weight is 365 g/mol. The molecule has 0 N–H and O–H groups in total. The molecule has 2 aromatic rings. The minimum absolute atomic E-state index is 0.210. The number of carbonyl (C=O) groups excluding carboxylic acids is 1. The highest BCUT2D eigenvalue weighted by Gasteiger charge is 2.30. The zero-order valence-corrected chi connectivity index (χ0v) is 12.3. The van der Waals surface area contributed by atoms with E-state index < -0.39 is 11.7 Å². The summed E-state index contributed by atoms with van der Waals surface area (Å²) in [6.45, 7) is -0.210. The minimum atomic E-state index is -4.38. The number of benzene rings is 1. The zero-order chi connectivity index (χ0) is 14.8. The number of carbonyl (C=O) groups is 1. The summed E-state index contributed by atoms with van der Waals surface area (Å²) in [5.74, 6) is 0.00238. The molecule has 0 amide bonds. The summed E-state index contributed by atoms with van der Waals surface area (Å²) in [5.41, 5.74) is -0.752. The van der Waals surface area contributed by atoms with E-state index in [4.69, 9.17) is 4.74 Å². The molecule has 0 atom stereocenters. The highest BCUT2D eigenvalue weighted by atomic mass is 79.9. The van der Waals surface area contributed by atoms with Crippen molar-refractivity contribution in [3.8, 4) is 5.75 Å². The molecule has 0 radical (unpaired) electrons. The number of rotatable bonds is 4. The van der Waals surface area contributed by atoms with Gasteiger partial charge in [-0.25, -0.2) is 0 Å². The standard InChI is InChI=1S/C13H8BrF3O2S/c14-12-6-5-11(20-12)10(18)7-19-9-3-1-8(2-4-9)13(15,16)17/h1-6H,7H2. The topological polar surface area (TPSA) is 26.3 Å². The Morgan fingerprint density at radius 2 is 1.80 bits per heavy atom. The first-order valence-electron chi connectivity index (χ1n) is 5.45. The first kappa shape index (κ1) is 15.1. The summed E-state index contributed by atoms with van der Waals surface area (Å²) in [6, 6.07) is 7.63. The van der Waals surface area contributed by atoms with Crippen LogP contribution in [0.5, 0.6) is 5.75 Å². The maximum absolute atomic E-state index is 12.4. The molecule has 0 aliphatic rings. The van der Waals surface area contributed by atoms with Crippen LogP contribution in [0.25, 0.3) is 0 Å². The van der Waals surface area contributed by atoms with Gasteiger partial charge < -0.3 is 4.74 Å². The smallest absolute Gasteiger partial charge is 0.416 e. The van der Waals surface area contributed by atoms with Crippen molar-refractivity contribution in [2.45, 2.75) is 6.18 Å². The fourth-order valence-electron chi connectivity index (χ4n) is 1.42. The number of alkyl halides is 3. The number of Topliss-reactive ketones (excluding diaryl/α,β-unsaturated/α-hetero) is 1. The number of hydrogen-bond donors (Lipinski definition) is 0. The molecule has 1 heterocycles. The molecular formula is C13H8BrF3O2S. The Balaban J connectivity index is 1.96. The van der Waals surface area contributed by atoms with E-state index in [1.807, 2.05) is 0 Å². The maximum atomic E-state index is 12.4. The fraction of sp³-hybridized carbons (Fsp3) is 0.154. The Labute approximate surface area is 125 Å². The number of thiophene rings is 1. The molecule has 0 unspecified atom stereocenters. The lowest BCUT2D eigenvalue weighted by atomic mass is 10.2. The number of ether oxygens (including phenoxy) is 1. The van der Waals surface area contributed by atoms with Crippen molar-refractivity contribution in [3.63, 3.8) is 0 Å². The Morgan fingerprint density at radius 1 is 1.15 bits per heavy atom. The predicted molar refractivity (Wildman–Crippen MR) is 73.3 cm³/mol. The normalized spacial score (nSPS) is 11.4. The van der Waals surface area contributed by atoms with E-state index in [0.717, 1.165) is 15.9 Å². The van der Waals surface area contributed by atoms with E-state index in [1.54, 1.807) is 12.1 Å². The van der Waals surface area contributed by atoms with Gasteiger partial charge in [0.1, 0.15) is 5.75 Å². The lowest BCUT2D eigenvalue weighted by Crippen LogP contribution is -2.10. The van der Waals surface area contributed by atoms with Crippen LogP contribution in [-0.4, -0.2) is 12.4 Å². The molecule has 1 aromatic carbocycles. The number of halogens is 4. The van der Waals surface area contributed by atoms with Crippen molar-refractivity contribution in [3.05, 3.63) is 50.6 Å². The maximum Gasteiger partial charge on any atom is 0.416 e. The van der Waals surface area contributed by atoms with Gasteiger partial charge in [-0.1, -0.05) is 0 Å². The van der Waals surface area contributed by atoms with E-state index in [2.05, 4.69) is 15.9 Å². The lowest BCUT2D eigenvalue weighted by Gasteiger charge is -2.08. The average Bonchev–Trinajstić information content (AvgIpc) is 2.82. The van der Waals surface area contributed by atoms with Crippen LogP contribution in [0, 0.1) is 0 Å². The molecule has 2 rings (SSSR count). The van der Waals surface area contributed by atoms with Crippen molar-refractivity contribution < 1.29 is 22.7 Å². The van der Waals surface area contributed by atoms with Crippen molar-refractivity contribution in [2.75, 3.05) is 6.61 Å². The molecule has 0 fully saturated rings. The van der Waals surface area contributed by atoms with Gasteiger partial charge in [-0.2, -0.15) is 13.2 Å². The van der Waals surface area contributed by atoms with Crippen LogP contribution in [0.1, 0.15) is 15.2 Å². The van der Waals surface area contributed by atoms with Gasteiger partial charge in [0, 0.05) is 0 Å². The first-order chi connectivity index (χ1) is 9.36. The van der Waals surface area contributed by atoms with Crippen LogP contribution < -0.4 is 4.74 Å². The van der Waals surface area contributed by atoms with Gasteiger partial charge >= 0.3 is 6.18 Å². The van der Waals surface area contributed by atoms with Crippen molar-refractivity contribution in [1.29, 1.82) is 0 Å². The quantitative estimate of drug-likeness (QED) is 0.729. The van der Waals surface area contributed by atoms with E-state index in [0.29, 0.717) is 4.88 Å². The van der Waals surface area contributed by atoms with Crippen LogP contribution >= 0.6 is 27.3 Å². The summed E-state index contributed by atoms with van der Waals surface area (Å²) < 4.78 is 43.1. The first-order valence-corrected chi connectivity index (χ1v) is 7.06. The molecule has 106 valence electrons. The molecule has 0 saturated carbocycles. The van der Waals surface area contributed by atoms with Gasteiger partial charge in [-0.05, 0) is 52.3 Å². The number of ketones is 1. The van der Waals surface area contributed by atoms with Gasteiger partial charge in [0.25, 0.3) is 0 Å². The Bertz CT molecular complexity index is 605. The van der Waals surface area contributed by atoms with E-state index >= 15 is 0 Å². The van der Waals surface area contributed by atoms with Crippen LogP contribution in [0.3, 0.4) is 0 Å². The molecule has 20 heavy (non-hydrogen) atoms. The third-order valence-electron chi connectivity index (χ3n) is 2.40. The Morgan fingerprint density at radius 3 is 2.30 bits per heavy atom. The van der Waals surface area contributed by atoms with E-state index in [1.165, 1.54) is 23.5 Å². The second-order valence-electron chi connectivity index (χ2n) is 3.84. The Kier molecular flexibility index (Phi) is 4.49. The zero-order valence-electron chi connectivity index (χ0n) is 9.91. The number of hydrogen-bond acceptors (Lipinski definition) is 3. The molecule has 1 aromatic heterocycles. The van der Waals surface area contributed by atoms with Crippen LogP contribution in [-0.2, 0) is 6.18 Å². The minimum Gasteiger partial charge on any atom is -0.485 e. The summed E-state index contributed by atoms with van der Waals surface area (Å²) in [7, 11) is 0. The van der Waals surface area contributed by atoms with E-state index in [-0.39, 0.29) is 18.1 Å². The van der Waals surface area contributed by atoms with Gasteiger partial charge in [0.05, 0.1) is 14.2 Å². The molecule has 2 nitrogen and oxygen atoms in total. The van der Waals surface area contributed by atoms with Crippen molar-refractivity contribution in [2.24, 2.45) is 0 Å². The molecule has 0 spiro atoms. The highest BCUT2D eigenvalue weighted by Crippen LogP contribution is 2.30. The van der Waals surface area contributed by atoms with E-state index in [9.17, 15) is 18.0 Å². The molecular weight excluding hydrogens is 357 g/mol. The van der Waals surface area contributed by atoms with Crippen LogP contribution in [0.15, 0.2) is 40.2 Å². The second kappa shape index (κ2) is 5.97. The van der Waals surface area contributed by atoms with Crippen molar-refractivity contribution in [1.82, 2.24) is 0 Å². The van der Waals surface area contributed by atoms with Gasteiger partial charge in [0.15, 0.2) is 6.61 Å². The summed E-state index contributed by atoms with van der Waals surface area (Å²) in [4.78, 5) is 12.3. The van der Waals surface area contributed by atoms with Gasteiger partial charge in [0.2, 0.25) is 5.78 Å². The van der Waals surface area contributed by atoms with Crippen LogP contribution in [0.4, 0.5) is 13.2 Å². The summed E-state index contributed by atoms with van der Waals surface area (Å²) in [6.07, 6.45) is -4.38. The molecule has 0 aliphatic heterocycles. The molecule has 0 bridgehead atoms. The fourth-order valence-corrected chi connectivity index (χ4v) is 2.73. The SMILES string of the molecule is O=C(COc1ccc(C(F)(F)F)cc1)c1ccc(Br)s1. The largest absolute Gasteiger partial charge is 0.485 e. The molecule has 7 heteroatoms. The van der Waals surface area contributed by atoms with Gasteiger partial charge in [-0.15, -0.1) is 11.3 Å². The molecule has 0 aliphatic carbocycles. The van der Waals surface area contributed by atoms with Crippen LogP contribution in [0.2, 0.25) is 0 Å². The third-order valence-corrected chi connectivity index (χ3v) is 4.06. The summed E-state index contributed by atoms with van der Waals surface area (Å²) in [5, 5.41) is 0. The Hall–Kier alpha value is -1.34. The summed E-state index contributed by atoms with van der Waals surface area (Å²) >= 11 is 4.52. The van der Waals surface area contributed by atoms with Crippen molar-refractivity contribution >= 4 is 33.0 Å². The predicted octanol–water partition coefficient (Wildman–Crippen LogP) is 4.79. The second-order valence-corrected chi connectivity index (χ2v) is 6.30. The third kappa shape index (κ3) is 3.83. The lowest BCUT2D eigenvalue weighted by molar-refractivity contribution is -0.137. The highest BCUT2D eigenvalue weighted by molar-refractivity contribution is 9.11.